The van der Waals surface area contributed by atoms with Gasteiger partial charge in [-0.15, -0.1) is 22.7 Å². The van der Waals surface area contributed by atoms with Crippen molar-refractivity contribution < 1.29 is 9.53 Å². The van der Waals surface area contributed by atoms with E-state index in [9.17, 15) is 4.79 Å². The van der Waals surface area contributed by atoms with Crippen LogP contribution in [0.4, 0.5) is 0 Å². The lowest BCUT2D eigenvalue weighted by molar-refractivity contribution is 0.0629. The van der Waals surface area contributed by atoms with E-state index in [0.717, 1.165) is 42.2 Å². The van der Waals surface area contributed by atoms with E-state index in [1.807, 2.05) is 34.5 Å². The Bertz CT molecular complexity index is 921. The molecule has 5 nitrogen and oxygen atoms in total. The van der Waals surface area contributed by atoms with Gasteiger partial charge in [0.1, 0.15) is 12.4 Å². The number of thiazole rings is 1. The Hall–Kier alpha value is -1.74. The van der Waals surface area contributed by atoms with Crippen LogP contribution in [0, 0.1) is 0 Å². The maximum atomic E-state index is 12.9. The van der Waals surface area contributed by atoms with Gasteiger partial charge in [0, 0.05) is 48.5 Å². The number of thiophene rings is 1. The lowest BCUT2D eigenvalue weighted by Gasteiger charge is -2.34. The maximum Gasteiger partial charge on any atom is 0.254 e. The molecule has 1 aromatic carbocycles. The minimum Gasteiger partial charge on any atom is -0.487 e. The standard InChI is InChI=1S/C20H20BrN3O2S2/c21-19-5-4-18(28-19)11-23-6-8-24(9-7-23)20(25)15-2-1-3-17(10-15)26-12-16-13-27-14-22-16/h1-5,10,13-14H,6-9,11-12H2. The van der Waals surface area contributed by atoms with Gasteiger partial charge in [0.15, 0.2) is 0 Å². The molecule has 1 aliphatic rings. The molecule has 1 amide bonds. The lowest BCUT2D eigenvalue weighted by Crippen LogP contribution is -2.48. The topological polar surface area (TPSA) is 45.7 Å². The highest BCUT2D eigenvalue weighted by Gasteiger charge is 2.22. The van der Waals surface area contributed by atoms with Crippen molar-refractivity contribution >= 4 is 44.5 Å². The number of hydrogen-bond donors (Lipinski definition) is 0. The number of aromatic nitrogens is 1. The first-order valence-corrected chi connectivity index (χ1v) is 11.6. The molecule has 0 bridgehead atoms. The molecule has 2 aromatic heterocycles. The summed E-state index contributed by atoms with van der Waals surface area (Å²) in [4.78, 5) is 22.8. The average molecular weight is 478 g/mol. The fourth-order valence-corrected chi connectivity index (χ4v) is 5.20. The van der Waals surface area contributed by atoms with Crippen LogP contribution in [0.1, 0.15) is 20.9 Å². The van der Waals surface area contributed by atoms with E-state index in [-0.39, 0.29) is 5.91 Å². The molecule has 0 unspecified atom stereocenters. The van der Waals surface area contributed by atoms with Gasteiger partial charge >= 0.3 is 0 Å². The molecule has 0 N–H and O–H groups in total. The predicted octanol–water partition coefficient (Wildman–Crippen LogP) is 4.50. The van der Waals surface area contributed by atoms with E-state index in [1.165, 1.54) is 4.88 Å². The Morgan fingerprint density at radius 2 is 2.04 bits per heavy atom. The van der Waals surface area contributed by atoms with E-state index in [0.29, 0.717) is 17.9 Å². The molecule has 3 aromatic rings. The SMILES string of the molecule is O=C(c1cccc(OCc2cscn2)c1)N1CCN(Cc2ccc(Br)s2)CC1. The zero-order valence-electron chi connectivity index (χ0n) is 15.2. The van der Waals surface area contributed by atoms with Crippen LogP contribution in [-0.2, 0) is 13.2 Å². The number of piperazine rings is 1. The summed E-state index contributed by atoms with van der Waals surface area (Å²) in [5.74, 6) is 0.762. The van der Waals surface area contributed by atoms with E-state index in [1.54, 1.807) is 28.2 Å². The summed E-state index contributed by atoms with van der Waals surface area (Å²) in [6.07, 6.45) is 0. The van der Waals surface area contributed by atoms with Gasteiger partial charge in [-0.25, -0.2) is 4.98 Å². The highest BCUT2D eigenvalue weighted by molar-refractivity contribution is 9.11. The number of hydrogen-bond acceptors (Lipinski definition) is 6. The van der Waals surface area contributed by atoms with Crippen molar-refractivity contribution in [1.29, 1.82) is 0 Å². The van der Waals surface area contributed by atoms with Crippen LogP contribution in [0.5, 0.6) is 5.75 Å². The van der Waals surface area contributed by atoms with Gasteiger partial charge in [-0.05, 0) is 46.3 Å². The van der Waals surface area contributed by atoms with Crippen LogP contribution in [-0.4, -0.2) is 46.9 Å². The molecule has 3 heterocycles. The molecule has 1 aliphatic heterocycles. The summed E-state index contributed by atoms with van der Waals surface area (Å²) < 4.78 is 6.94. The third-order valence-electron chi connectivity index (χ3n) is 4.62. The van der Waals surface area contributed by atoms with E-state index < -0.39 is 0 Å². The number of ether oxygens (including phenoxy) is 1. The van der Waals surface area contributed by atoms with Crippen LogP contribution < -0.4 is 4.74 Å². The summed E-state index contributed by atoms with van der Waals surface area (Å²) >= 11 is 6.83. The minimum atomic E-state index is 0.0672. The minimum absolute atomic E-state index is 0.0672. The number of halogens is 1. The first-order valence-electron chi connectivity index (χ1n) is 9.03. The van der Waals surface area contributed by atoms with Crippen LogP contribution in [0.25, 0.3) is 0 Å². The highest BCUT2D eigenvalue weighted by Crippen LogP contribution is 2.24. The Balaban J connectivity index is 1.31. The molecular weight excluding hydrogens is 458 g/mol. The summed E-state index contributed by atoms with van der Waals surface area (Å²) in [5, 5.41) is 1.96. The lowest BCUT2D eigenvalue weighted by atomic mass is 10.1. The zero-order valence-corrected chi connectivity index (χ0v) is 18.4. The van der Waals surface area contributed by atoms with Gasteiger partial charge in [0.2, 0.25) is 0 Å². The van der Waals surface area contributed by atoms with Crippen molar-refractivity contribution in [2.45, 2.75) is 13.2 Å². The zero-order chi connectivity index (χ0) is 19.3. The van der Waals surface area contributed by atoms with Gasteiger partial charge in [-0.1, -0.05) is 6.07 Å². The number of amides is 1. The second-order valence-electron chi connectivity index (χ2n) is 6.57. The normalized spacial score (nSPS) is 15.0. The average Bonchev–Trinajstić information content (AvgIpc) is 3.38. The molecule has 0 radical (unpaired) electrons. The maximum absolute atomic E-state index is 12.9. The second kappa shape index (κ2) is 9.17. The number of carbonyl (C=O) groups is 1. The fraction of sp³-hybridized carbons (Fsp3) is 0.300. The van der Waals surface area contributed by atoms with Gasteiger partial charge in [0.05, 0.1) is 15.0 Å². The molecule has 0 saturated carbocycles. The van der Waals surface area contributed by atoms with Crippen molar-refractivity contribution in [3.63, 3.8) is 0 Å². The van der Waals surface area contributed by atoms with E-state index in [4.69, 9.17) is 4.74 Å². The van der Waals surface area contributed by atoms with Gasteiger partial charge < -0.3 is 9.64 Å². The second-order valence-corrected chi connectivity index (χ2v) is 9.84. The Kier molecular flexibility index (Phi) is 6.41. The molecule has 0 atom stereocenters. The van der Waals surface area contributed by atoms with Crippen molar-refractivity contribution in [2.24, 2.45) is 0 Å². The van der Waals surface area contributed by atoms with Crippen LogP contribution in [0.3, 0.4) is 0 Å². The number of carbonyl (C=O) groups excluding carboxylic acids is 1. The van der Waals surface area contributed by atoms with Crippen LogP contribution in [0.2, 0.25) is 0 Å². The highest BCUT2D eigenvalue weighted by atomic mass is 79.9. The number of nitrogens with zero attached hydrogens (tertiary/aromatic N) is 3. The summed E-state index contributed by atoms with van der Waals surface area (Å²) in [7, 11) is 0. The first kappa shape index (κ1) is 19.6. The van der Waals surface area contributed by atoms with Gasteiger partial charge in [-0.2, -0.15) is 0 Å². The molecule has 146 valence electrons. The van der Waals surface area contributed by atoms with Crippen LogP contribution in [0.15, 0.2) is 51.1 Å². The first-order chi connectivity index (χ1) is 13.7. The summed E-state index contributed by atoms with van der Waals surface area (Å²) in [5.41, 5.74) is 3.36. The quantitative estimate of drug-likeness (QED) is 0.523. The smallest absolute Gasteiger partial charge is 0.254 e. The molecule has 0 aliphatic carbocycles. The largest absolute Gasteiger partial charge is 0.487 e. The monoisotopic (exact) mass is 477 g/mol. The Labute approximate surface area is 180 Å². The summed E-state index contributed by atoms with van der Waals surface area (Å²) in [6.45, 7) is 4.63. The van der Waals surface area contributed by atoms with Crippen molar-refractivity contribution in [3.05, 3.63) is 67.2 Å². The van der Waals surface area contributed by atoms with Gasteiger partial charge in [-0.3, -0.25) is 9.69 Å². The van der Waals surface area contributed by atoms with Crippen molar-refractivity contribution in [3.8, 4) is 5.75 Å². The molecule has 1 fully saturated rings. The Morgan fingerprint density at radius 1 is 1.18 bits per heavy atom. The molecule has 0 spiro atoms. The molecule has 8 heteroatoms. The number of benzene rings is 1. The van der Waals surface area contributed by atoms with Crippen molar-refractivity contribution in [2.75, 3.05) is 26.2 Å². The fourth-order valence-electron chi connectivity index (χ4n) is 3.13. The third kappa shape index (κ3) is 5.00. The van der Waals surface area contributed by atoms with Gasteiger partial charge in [0.25, 0.3) is 5.91 Å². The Morgan fingerprint density at radius 3 is 2.75 bits per heavy atom. The molecule has 4 rings (SSSR count). The van der Waals surface area contributed by atoms with Crippen molar-refractivity contribution in [1.82, 2.24) is 14.8 Å². The van der Waals surface area contributed by atoms with Crippen LogP contribution >= 0.6 is 38.6 Å². The third-order valence-corrected chi connectivity index (χ3v) is 6.86. The molecule has 1 saturated heterocycles. The number of rotatable bonds is 6. The molecule has 28 heavy (non-hydrogen) atoms. The summed E-state index contributed by atoms with van der Waals surface area (Å²) in [6, 6.07) is 11.7. The van der Waals surface area contributed by atoms with E-state index >= 15 is 0 Å². The molecular formula is C20H20BrN3O2S2. The van der Waals surface area contributed by atoms with E-state index in [2.05, 4.69) is 37.9 Å². The predicted molar refractivity (Wildman–Crippen MR) is 116 cm³/mol.